The summed E-state index contributed by atoms with van der Waals surface area (Å²) in [4.78, 5) is 0.248. The molecule has 6 heteroatoms. The molecule has 102 valence electrons. The summed E-state index contributed by atoms with van der Waals surface area (Å²) in [5.74, 6) is 0. The molecule has 0 saturated heterocycles. The molecule has 0 bridgehead atoms. The first-order valence-electron chi connectivity index (χ1n) is 5.70. The third-order valence-electron chi connectivity index (χ3n) is 2.22. The molecule has 1 aromatic carbocycles. The van der Waals surface area contributed by atoms with E-state index >= 15 is 0 Å². The maximum absolute atomic E-state index is 12.0. The summed E-state index contributed by atoms with van der Waals surface area (Å²) in [7, 11) is -3.48. The highest BCUT2D eigenvalue weighted by Crippen LogP contribution is 2.22. The van der Waals surface area contributed by atoms with Crippen molar-refractivity contribution in [2.45, 2.75) is 31.8 Å². The van der Waals surface area contributed by atoms with E-state index < -0.39 is 10.0 Å². The summed E-state index contributed by atoms with van der Waals surface area (Å²) in [5.41, 5.74) is 1.00. The van der Waals surface area contributed by atoms with Crippen LogP contribution in [-0.4, -0.2) is 27.7 Å². The van der Waals surface area contributed by atoms with Gasteiger partial charge in [0.15, 0.2) is 0 Å². The lowest BCUT2D eigenvalue weighted by Crippen LogP contribution is -2.28. The number of rotatable bonds is 6. The number of benzene rings is 1. The van der Waals surface area contributed by atoms with Crippen LogP contribution in [0.5, 0.6) is 0 Å². The molecule has 0 aliphatic carbocycles. The van der Waals surface area contributed by atoms with E-state index in [0.29, 0.717) is 11.1 Å². The molecule has 1 N–H and O–H groups in total. The normalized spacial score (nSPS) is 12.1. The number of ether oxygens (including phenoxy) is 1. The van der Waals surface area contributed by atoms with Crippen molar-refractivity contribution in [3.63, 3.8) is 0 Å². The predicted molar refractivity (Wildman–Crippen MR) is 75.2 cm³/mol. The Bertz CT molecular complexity index is 500. The standard InChI is InChI=1S/C12H18BrNO3S/c1-9(2)17-7-6-14-18(15,16)12-5-4-10(3)8-11(12)13/h4-5,8-9,14H,6-7H2,1-3H3. The Hall–Kier alpha value is -0.430. The summed E-state index contributed by atoms with van der Waals surface area (Å²) in [5, 5.41) is 0. The third-order valence-corrected chi connectivity index (χ3v) is 4.66. The molecule has 0 aliphatic rings. The predicted octanol–water partition coefficient (Wildman–Crippen LogP) is 2.46. The van der Waals surface area contributed by atoms with Gasteiger partial charge in [0.05, 0.1) is 17.6 Å². The molecular weight excluding hydrogens is 318 g/mol. The second kappa shape index (κ2) is 6.65. The van der Waals surface area contributed by atoms with Crippen LogP contribution in [0.2, 0.25) is 0 Å². The van der Waals surface area contributed by atoms with E-state index in [1.807, 2.05) is 20.8 Å². The molecule has 0 aliphatic heterocycles. The zero-order valence-electron chi connectivity index (χ0n) is 10.7. The summed E-state index contributed by atoms with van der Waals surface area (Å²) in [6, 6.07) is 5.13. The second-order valence-electron chi connectivity index (χ2n) is 4.25. The molecule has 4 nitrogen and oxygen atoms in total. The number of hydrogen-bond acceptors (Lipinski definition) is 3. The molecule has 0 saturated carbocycles. The highest BCUT2D eigenvalue weighted by atomic mass is 79.9. The quantitative estimate of drug-likeness (QED) is 0.812. The van der Waals surface area contributed by atoms with Crippen LogP contribution < -0.4 is 4.72 Å². The van der Waals surface area contributed by atoms with Gasteiger partial charge >= 0.3 is 0 Å². The monoisotopic (exact) mass is 335 g/mol. The van der Waals surface area contributed by atoms with E-state index in [2.05, 4.69) is 20.7 Å². The minimum absolute atomic E-state index is 0.0978. The van der Waals surface area contributed by atoms with Crippen molar-refractivity contribution in [1.82, 2.24) is 4.72 Å². The largest absolute Gasteiger partial charge is 0.377 e. The number of hydrogen-bond donors (Lipinski definition) is 1. The lowest BCUT2D eigenvalue weighted by Gasteiger charge is -2.10. The molecule has 0 radical (unpaired) electrons. The fourth-order valence-electron chi connectivity index (χ4n) is 1.37. The number of nitrogens with one attached hydrogen (secondary N) is 1. The molecule has 0 atom stereocenters. The van der Waals surface area contributed by atoms with Gasteiger partial charge in [-0.15, -0.1) is 0 Å². The van der Waals surface area contributed by atoms with Gasteiger partial charge in [-0.2, -0.15) is 0 Å². The molecule has 0 aromatic heterocycles. The summed E-state index contributed by atoms with van der Waals surface area (Å²) in [6.45, 7) is 6.35. The molecule has 0 spiro atoms. The number of sulfonamides is 1. The smallest absolute Gasteiger partial charge is 0.241 e. The molecule has 1 rings (SSSR count). The van der Waals surface area contributed by atoms with Gasteiger partial charge in [-0.3, -0.25) is 0 Å². The molecule has 18 heavy (non-hydrogen) atoms. The summed E-state index contributed by atoms with van der Waals surface area (Å²) < 4.78 is 32.4. The maximum atomic E-state index is 12.0. The van der Waals surface area contributed by atoms with Crippen LogP contribution in [0.15, 0.2) is 27.6 Å². The van der Waals surface area contributed by atoms with Gasteiger partial charge in [0.25, 0.3) is 0 Å². The molecule has 0 fully saturated rings. The van der Waals surface area contributed by atoms with E-state index in [0.717, 1.165) is 5.56 Å². The first kappa shape index (κ1) is 15.6. The summed E-state index contributed by atoms with van der Waals surface area (Å²) in [6.07, 6.45) is 0.0978. The Morgan fingerprint density at radius 1 is 1.39 bits per heavy atom. The van der Waals surface area contributed by atoms with Crippen LogP contribution >= 0.6 is 15.9 Å². The SMILES string of the molecule is Cc1ccc(S(=O)(=O)NCCOC(C)C)c(Br)c1. The fraction of sp³-hybridized carbons (Fsp3) is 0.500. The van der Waals surface area contributed by atoms with Crippen molar-refractivity contribution in [3.8, 4) is 0 Å². The van der Waals surface area contributed by atoms with Crippen molar-refractivity contribution in [2.24, 2.45) is 0 Å². The zero-order valence-corrected chi connectivity index (χ0v) is 13.1. The molecule has 0 heterocycles. The lowest BCUT2D eigenvalue weighted by atomic mass is 10.2. The first-order chi connectivity index (χ1) is 8.33. The molecule has 1 aromatic rings. The van der Waals surface area contributed by atoms with Crippen LogP contribution in [0.4, 0.5) is 0 Å². The van der Waals surface area contributed by atoms with Crippen molar-refractivity contribution in [1.29, 1.82) is 0 Å². The Morgan fingerprint density at radius 3 is 2.61 bits per heavy atom. The zero-order chi connectivity index (χ0) is 13.8. The molecule has 0 unspecified atom stereocenters. The van der Waals surface area contributed by atoms with Gasteiger partial charge < -0.3 is 4.74 Å². The second-order valence-corrected chi connectivity index (χ2v) is 6.84. The van der Waals surface area contributed by atoms with Gasteiger partial charge in [0.1, 0.15) is 0 Å². The van der Waals surface area contributed by atoms with Crippen molar-refractivity contribution in [3.05, 3.63) is 28.2 Å². The van der Waals surface area contributed by atoms with E-state index in [1.54, 1.807) is 18.2 Å². The van der Waals surface area contributed by atoms with Crippen molar-refractivity contribution >= 4 is 26.0 Å². The van der Waals surface area contributed by atoms with Gasteiger partial charge in [0, 0.05) is 11.0 Å². The van der Waals surface area contributed by atoms with Crippen molar-refractivity contribution < 1.29 is 13.2 Å². The van der Waals surface area contributed by atoms with Crippen LogP contribution in [0.25, 0.3) is 0 Å². The van der Waals surface area contributed by atoms with E-state index in [9.17, 15) is 8.42 Å². The van der Waals surface area contributed by atoms with Crippen LogP contribution in [0.1, 0.15) is 19.4 Å². The molecule has 0 amide bonds. The van der Waals surface area contributed by atoms with E-state index in [4.69, 9.17) is 4.74 Å². The van der Waals surface area contributed by atoms with Gasteiger partial charge in [-0.25, -0.2) is 13.1 Å². The average molecular weight is 336 g/mol. The van der Waals surface area contributed by atoms with Crippen LogP contribution in [-0.2, 0) is 14.8 Å². The minimum atomic E-state index is -3.48. The fourth-order valence-corrected chi connectivity index (χ4v) is 3.58. The third kappa shape index (κ3) is 4.68. The van der Waals surface area contributed by atoms with Crippen molar-refractivity contribution in [2.75, 3.05) is 13.2 Å². The van der Waals surface area contributed by atoms with Gasteiger partial charge in [-0.1, -0.05) is 6.07 Å². The van der Waals surface area contributed by atoms with E-state index in [-0.39, 0.29) is 17.5 Å². The number of aryl methyl sites for hydroxylation is 1. The highest BCUT2D eigenvalue weighted by Gasteiger charge is 2.16. The summed E-state index contributed by atoms with van der Waals surface area (Å²) >= 11 is 3.26. The highest BCUT2D eigenvalue weighted by molar-refractivity contribution is 9.10. The van der Waals surface area contributed by atoms with Gasteiger partial charge in [-0.05, 0) is 54.4 Å². The Balaban J connectivity index is 2.69. The topological polar surface area (TPSA) is 55.4 Å². The Labute approximate surface area is 117 Å². The first-order valence-corrected chi connectivity index (χ1v) is 7.98. The maximum Gasteiger partial charge on any atom is 0.241 e. The lowest BCUT2D eigenvalue weighted by molar-refractivity contribution is 0.0834. The number of halogens is 1. The van der Waals surface area contributed by atoms with Gasteiger partial charge in [0.2, 0.25) is 10.0 Å². The molecular formula is C12H18BrNO3S. The average Bonchev–Trinajstić information content (AvgIpc) is 2.23. The Morgan fingerprint density at radius 2 is 2.06 bits per heavy atom. The minimum Gasteiger partial charge on any atom is -0.377 e. The van der Waals surface area contributed by atoms with E-state index in [1.165, 1.54) is 0 Å². The Kier molecular flexibility index (Phi) is 5.78. The van der Waals surface area contributed by atoms with Crippen LogP contribution in [0.3, 0.4) is 0 Å². The van der Waals surface area contributed by atoms with Crippen LogP contribution in [0, 0.1) is 6.92 Å².